The molecule has 138 valence electrons. The Bertz CT molecular complexity index is 268. The molecule has 0 bridgehead atoms. The molecule has 0 aromatic heterocycles. The van der Waals surface area contributed by atoms with E-state index in [1.165, 1.54) is 64.2 Å². The second kappa shape index (κ2) is 16.4. The van der Waals surface area contributed by atoms with Crippen molar-refractivity contribution >= 4 is 5.78 Å². The van der Waals surface area contributed by atoms with Crippen molar-refractivity contribution in [1.82, 2.24) is 0 Å². The largest absolute Gasteiger partial charge is 0.394 e. The summed E-state index contributed by atoms with van der Waals surface area (Å²) in [4.78, 5) is 11.5. The van der Waals surface area contributed by atoms with Crippen LogP contribution in [0.3, 0.4) is 0 Å². The summed E-state index contributed by atoms with van der Waals surface area (Å²) >= 11 is 0. The summed E-state index contributed by atoms with van der Waals surface area (Å²) < 4.78 is 0. The van der Waals surface area contributed by atoms with Gasteiger partial charge in [0.1, 0.15) is 12.2 Å². The van der Waals surface area contributed by atoms with Crippen molar-refractivity contribution in [2.24, 2.45) is 0 Å². The van der Waals surface area contributed by atoms with Crippen LogP contribution in [0.25, 0.3) is 0 Å². The van der Waals surface area contributed by atoms with Gasteiger partial charge in [-0.3, -0.25) is 4.79 Å². The van der Waals surface area contributed by atoms with Gasteiger partial charge in [0.2, 0.25) is 0 Å². The standard InChI is InChI=1S/C19H38O4/c1-2-3-4-5-6-7-8-9-10-11-12-13-14-15-17(21)19(23)18(22)16-20/h18-20,22-23H,2-16H2,1H3/t18?,19-/m1/s1. The van der Waals surface area contributed by atoms with Crippen molar-refractivity contribution in [3.05, 3.63) is 0 Å². The summed E-state index contributed by atoms with van der Waals surface area (Å²) in [5.41, 5.74) is 0. The minimum absolute atomic E-state index is 0.288. The fourth-order valence-electron chi connectivity index (χ4n) is 2.78. The molecular formula is C19H38O4. The van der Waals surface area contributed by atoms with Gasteiger partial charge in [-0.05, 0) is 6.42 Å². The number of carbonyl (C=O) groups is 1. The van der Waals surface area contributed by atoms with Gasteiger partial charge in [0.25, 0.3) is 0 Å². The third-order valence-electron chi connectivity index (χ3n) is 4.41. The number of ketones is 1. The van der Waals surface area contributed by atoms with Crippen molar-refractivity contribution in [3.63, 3.8) is 0 Å². The monoisotopic (exact) mass is 330 g/mol. The Morgan fingerprint density at radius 2 is 1.13 bits per heavy atom. The molecule has 0 fully saturated rings. The van der Waals surface area contributed by atoms with Crippen LogP contribution in [0.2, 0.25) is 0 Å². The van der Waals surface area contributed by atoms with Crippen LogP contribution in [-0.4, -0.2) is 39.9 Å². The molecule has 1 unspecified atom stereocenters. The minimum atomic E-state index is -1.43. The molecule has 0 spiro atoms. The number of hydrogen-bond donors (Lipinski definition) is 3. The number of hydrogen-bond acceptors (Lipinski definition) is 4. The topological polar surface area (TPSA) is 77.8 Å². The molecule has 4 heteroatoms. The predicted octanol–water partition coefficient (Wildman–Crippen LogP) is 3.75. The molecule has 0 aliphatic rings. The van der Waals surface area contributed by atoms with E-state index in [2.05, 4.69) is 6.92 Å². The fourth-order valence-corrected chi connectivity index (χ4v) is 2.78. The van der Waals surface area contributed by atoms with E-state index in [0.29, 0.717) is 0 Å². The average molecular weight is 331 g/mol. The maximum Gasteiger partial charge on any atom is 0.164 e. The van der Waals surface area contributed by atoms with Gasteiger partial charge in [-0.2, -0.15) is 0 Å². The van der Waals surface area contributed by atoms with Crippen molar-refractivity contribution < 1.29 is 20.1 Å². The van der Waals surface area contributed by atoms with Crippen LogP contribution in [0.1, 0.15) is 96.8 Å². The van der Waals surface area contributed by atoms with E-state index >= 15 is 0 Å². The normalized spacial score (nSPS) is 13.9. The van der Waals surface area contributed by atoms with E-state index in [0.717, 1.165) is 19.3 Å². The van der Waals surface area contributed by atoms with Crippen molar-refractivity contribution in [1.29, 1.82) is 0 Å². The van der Waals surface area contributed by atoms with E-state index < -0.39 is 18.8 Å². The molecule has 0 radical (unpaired) electrons. The van der Waals surface area contributed by atoms with Crippen LogP contribution in [0.15, 0.2) is 0 Å². The molecule has 4 nitrogen and oxygen atoms in total. The average Bonchev–Trinajstić information content (AvgIpc) is 2.57. The van der Waals surface area contributed by atoms with Gasteiger partial charge in [-0.15, -0.1) is 0 Å². The molecule has 0 saturated heterocycles. The van der Waals surface area contributed by atoms with Crippen LogP contribution < -0.4 is 0 Å². The van der Waals surface area contributed by atoms with E-state index in [1.807, 2.05) is 0 Å². The number of carbonyl (C=O) groups excluding carboxylic acids is 1. The Labute approximate surface area is 142 Å². The quantitative estimate of drug-likeness (QED) is 0.355. The first kappa shape index (κ1) is 22.6. The molecule has 0 rings (SSSR count). The number of aliphatic hydroxyl groups excluding tert-OH is 3. The molecule has 23 heavy (non-hydrogen) atoms. The van der Waals surface area contributed by atoms with Gasteiger partial charge in [0.15, 0.2) is 5.78 Å². The van der Waals surface area contributed by atoms with Gasteiger partial charge in [0, 0.05) is 6.42 Å². The summed E-state index contributed by atoms with van der Waals surface area (Å²) in [5, 5.41) is 27.3. The van der Waals surface area contributed by atoms with E-state index in [4.69, 9.17) is 5.11 Å². The van der Waals surface area contributed by atoms with Crippen LogP contribution in [0.4, 0.5) is 0 Å². The highest BCUT2D eigenvalue weighted by Crippen LogP contribution is 2.13. The third kappa shape index (κ3) is 13.7. The van der Waals surface area contributed by atoms with Crippen LogP contribution in [0, 0.1) is 0 Å². The molecule has 0 amide bonds. The Morgan fingerprint density at radius 3 is 1.52 bits per heavy atom. The first-order chi connectivity index (χ1) is 11.1. The Kier molecular flexibility index (Phi) is 16.1. The number of unbranched alkanes of at least 4 members (excludes halogenated alkanes) is 12. The summed E-state index contributed by atoms with van der Waals surface area (Å²) in [5.74, 6) is -0.366. The highest BCUT2D eigenvalue weighted by molar-refractivity contribution is 5.83. The van der Waals surface area contributed by atoms with Crippen molar-refractivity contribution in [2.75, 3.05) is 6.61 Å². The maximum absolute atomic E-state index is 11.5. The van der Waals surface area contributed by atoms with Gasteiger partial charge in [0.05, 0.1) is 6.61 Å². The second-order valence-corrected chi connectivity index (χ2v) is 6.65. The first-order valence-corrected chi connectivity index (χ1v) is 9.63. The van der Waals surface area contributed by atoms with E-state index in [9.17, 15) is 15.0 Å². The third-order valence-corrected chi connectivity index (χ3v) is 4.41. The molecule has 0 heterocycles. The zero-order valence-corrected chi connectivity index (χ0v) is 15.0. The maximum atomic E-state index is 11.5. The second-order valence-electron chi connectivity index (χ2n) is 6.65. The Hall–Kier alpha value is -0.450. The summed E-state index contributed by atoms with van der Waals surface area (Å²) in [6.45, 7) is 1.67. The number of Topliss-reactive ketones (excluding diaryl/α,β-unsaturated/α-hetero) is 1. The molecule has 0 aliphatic heterocycles. The molecule has 0 aliphatic carbocycles. The zero-order valence-electron chi connectivity index (χ0n) is 15.0. The smallest absolute Gasteiger partial charge is 0.164 e. The fraction of sp³-hybridized carbons (Fsp3) is 0.947. The van der Waals surface area contributed by atoms with Gasteiger partial charge in [-0.25, -0.2) is 0 Å². The first-order valence-electron chi connectivity index (χ1n) is 9.63. The highest BCUT2D eigenvalue weighted by atomic mass is 16.4. The lowest BCUT2D eigenvalue weighted by Gasteiger charge is -2.13. The van der Waals surface area contributed by atoms with Gasteiger partial charge in [-0.1, -0.05) is 84.0 Å². The summed E-state index contributed by atoms with van der Waals surface area (Å²) in [6.07, 6.45) is 13.7. The highest BCUT2D eigenvalue weighted by Gasteiger charge is 2.22. The Morgan fingerprint density at radius 1 is 0.739 bits per heavy atom. The predicted molar refractivity (Wildman–Crippen MR) is 94.4 cm³/mol. The minimum Gasteiger partial charge on any atom is -0.394 e. The van der Waals surface area contributed by atoms with Crippen LogP contribution in [-0.2, 0) is 4.79 Å². The van der Waals surface area contributed by atoms with Gasteiger partial charge >= 0.3 is 0 Å². The molecule has 2 atom stereocenters. The van der Waals surface area contributed by atoms with Crippen LogP contribution >= 0.6 is 0 Å². The molecular weight excluding hydrogens is 292 g/mol. The lowest BCUT2D eigenvalue weighted by atomic mass is 10.0. The summed E-state index contributed by atoms with van der Waals surface area (Å²) in [6, 6.07) is 0. The molecule has 0 aromatic carbocycles. The number of rotatable bonds is 17. The summed E-state index contributed by atoms with van der Waals surface area (Å²) in [7, 11) is 0. The molecule has 0 saturated carbocycles. The molecule has 0 aromatic rings. The van der Waals surface area contributed by atoms with Crippen molar-refractivity contribution in [3.8, 4) is 0 Å². The Balaban J connectivity index is 3.26. The lowest BCUT2D eigenvalue weighted by molar-refractivity contribution is -0.134. The SMILES string of the molecule is CCCCCCCCCCCCCCCC(=O)[C@@H](O)C(O)CO. The zero-order chi connectivity index (χ0) is 17.3. The van der Waals surface area contributed by atoms with E-state index in [-0.39, 0.29) is 12.2 Å². The lowest BCUT2D eigenvalue weighted by Crippen LogP contribution is -2.36. The van der Waals surface area contributed by atoms with Crippen LogP contribution in [0.5, 0.6) is 0 Å². The van der Waals surface area contributed by atoms with Gasteiger partial charge < -0.3 is 15.3 Å². The van der Waals surface area contributed by atoms with Crippen molar-refractivity contribution in [2.45, 2.75) is 109 Å². The number of aliphatic hydroxyl groups is 3. The van der Waals surface area contributed by atoms with E-state index in [1.54, 1.807) is 0 Å². The molecule has 3 N–H and O–H groups in total.